The predicted molar refractivity (Wildman–Crippen MR) is 80.6 cm³/mol. The number of likely N-dealkylation sites (tertiary alicyclic amines) is 1. The molecule has 4 heteroatoms. The van der Waals surface area contributed by atoms with Crippen LogP contribution >= 0.6 is 0 Å². The first-order valence-electron chi connectivity index (χ1n) is 8.20. The highest BCUT2D eigenvalue weighted by Gasteiger charge is 2.26. The van der Waals surface area contributed by atoms with E-state index in [0.29, 0.717) is 18.5 Å². The standard InChI is InChI=1S/C16H30N2O2/c1-13-8-15(11-18(10-13)12-16(19)20-2)17-9-14-6-4-3-5-7-14/h13-15,17H,3-12H2,1-2H3. The number of piperidine rings is 1. The summed E-state index contributed by atoms with van der Waals surface area (Å²) in [7, 11) is 1.47. The quantitative estimate of drug-likeness (QED) is 0.784. The number of nitrogens with one attached hydrogen (secondary N) is 1. The fraction of sp³-hybridized carbons (Fsp3) is 0.938. The fourth-order valence-corrected chi connectivity index (χ4v) is 3.71. The largest absolute Gasteiger partial charge is 0.468 e. The third-order valence-corrected chi connectivity index (χ3v) is 4.74. The smallest absolute Gasteiger partial charge is 0.319 e. The third-order valence-electron chi connectivity index (χ3n) is 4.74. The number of rotatable bonds is 5. The van der Waals surface area contributed by atoms with E-state index in [1.807, 2.05) is 0 Å². The summed E-state index contributed by atoms with van der Waals surface area (Å²) in [5, 5.41) is 3.75. The molecule has 2 unspecified atom stereocenters. The summed E-state index contributed by atoms with van der Waals surface area (Å²) < 4.78 is 4.78. The summed E-state index contributed by atoms with van der Waals surface area (Å²) in [6.45, 7) is 5.85. The maximum absolute atomic E-state index is 11.4. The van der Waals surface area contributed by atoms with Crippen LogP contribution in [0.1, 0.15) is 45.4 Å². The Morgan fingerprint density at radius 2 is 2.00 bits per heavy atom. The molecule has 0 spiro atoms. The first-order valence-corrected chi connectivity index (χ1v) is 8.20. The summed E-state index contributed by atoms with van der Waals surface area (Å²) >= 11 is 0. The number of esters is 1. The average molecular weight is 282 g/mol. The van der Waals surface area contributed by atoms with Crippen LogP contribution < -0.4 is 5.32 Å². The van der Waals surface area contributed by atoms with Crippen LogP contribution in [0, 0.1) is 11.8 Å². The maximum atomic E-state index is 11.4. The number of methoxy groups -OCH3 is 1. The molecule has 1 heterocycles. The molecule has 0 aromatic rings. The Kier molecular flexibility index (Phi) is 6.30. The van der Waals surface area contributed by atoms with Crippen molar-refractivity contribution in [3.05, 3.63) is 0 Å². The van der Waals surface area contributed by atoms with Crippen molar-refractivity contribution in [2.24, 2.45) is 11.8 Å². The van der Waals surface area contributed by atoms with Crippen molar-refractivity contribution < 1.29 is 9.53 Å². The summed E-state index contributed by atoms with van der Waals surface area (Å²) in [6, 6.07) is 0.533. The second kappa shape index (κ2) is 7.99. The number of nitrogens with zero attached hydrogens (tertiary/aromatic N) is 1. The van der Waals surface area contributed by atoms with Crippen LogP contribution in [0.15, 0.2) is 0 Å². The molecule has 1 aliphatic heterocycles. The van der Waals surface area contributed by atoms with E-state index in [-0.39, 0.29) is 5.97 Å². The van der Waals surface area contributed by atoms with E-state index in [1.54, 1.807) is 0 Å². The Bertz CT molecular complexity index is 303. The number of carbonyl (C=O) groups is 1. The summed E-state index contributed by atoms with van der Waals surface area (Å²) in [5.74, 6) is 1.40. The summed E-state index contributed by atoms with van der Waals surface area (Å²) in [5.41, 5.74) is 0. The zero-order chi connectivity index (χ0) is 14.4. The predicted octanol–water partition coefficient (Wildman–Crippen LogP) is 2.04. The van der Waals surface area contributed by atoms with Gasteiger partial charge < -0.3 is 10.1 Å². The van der Waals surface area contributed by atoms with Crippen molar-refractivity contribution in [3.63, 3.8) is 0 Å². The van der Waals surface area contributed by atoms with Gasteiger partial charge in [-0.3, -0.25) is 9.69 Å². The number of ether oxygens (including phenoxy) is 1. The van der Waals surface area contributed by atoms with E-state index in [1.165, 1.54) is 45.6 Å². The highest BCUT2D eigenvalue weighted by Crippen LogP contribution is 2.23. The first-order chi connectivity index (χ1) is 9.67. The minimum Gasteiger partial charge on any atom is -0.468 e. The van der Waals surface area contributed by atoms with Crippen LogP contribution in [0.5, 0.6) is 0 Å². The van der Waals surface area contributed by atoms with Gasteiger partial charge in [0.25, 0.3) is 0 Å². The van der Waals surface area contributed by atoms with Crippen molar-refractivity contribution in [2.75, 3.05) is 33.3 Å². The van der Waals surface area contributed by atoms with Crippen molar-refractivity contribution in [1.29, 1.82) is 0 Å². The lowest BCUT2D eigenvalue weighted by Gasteiger charge is -2.37. The van der Waals surface area contributed by atoms with E-state index in [9.17, 15) is 4.79 Å². The molecule has 2 aliphatic rings. The molecule has 0 amide bonds. The molecule has 0 aromatic heterocycles. The third kappa shape index (κ3) is 5.06. The fourth-order valence-electron chi connectivity index (χ4n) is 3.71. The van der Waals surface area contributed by atoms with Gasteiger partial charge in [-0.25, -0.2) is 0 Å². The van der Waals surface area contributed by atoms with E-state index < -0.39 is 0 Å². The van der Waals surface area contributed by atoms with Crippen LogP contribution in [0.3, 0.4) is 0 Å². The van der Waals surface area contributed by atoms with Gasteiger partial charge in [0.2, 0.25) is 0 Å². The van der Waals surface area contributed by atoms with E-state index in [2.05, 4.69) is 17.1 Å². The van der Waals surface area contributed by atoms with Crippen LogP contribution in [0.4, 0.5) is 0 Å². The minimum absolute atomic E-state index is 0.120. The Balaban J connectivity index is 1.74. The molecule has 2 rings (SSSR count). The second-order valence-electron chi connectivity index (χ2n) is 6.72. The van der Waals surface area contributed by atoms with Gasteiger partial charge in [0.05, 0.1) is 13.7 Å². The van der Waals surface area contributed by atoms with Gasteiger partial charge in [0.15, 0.2) is 0 Å². The summed E-state index contributed by atoms with van der Waals surface area (Å²) in [4.78, 5) is 13.6. The average Bonchev–Trinajstić information content (AvgIpc) is 2.45. The summed E-state index contributed by atoms with van der Waals surface area (Å²) in [6.07, 6.45) is 8.24. The lowest BCUT2D eigenvalue weighted by molar-refractivity contribution is -0.142. The van der Waals surface area contributed by atoms with Gasteiger partial charge in [0, 0.05) is 19.1 Å². The zero-order valence-electron chi connectivity index (χ0n) is 13.1. The maximum Gasteiger partial charge on any atom is 0.319 e. The molecule has 2 fully saturated rings. The second-order valence-corrected chi connectivity index (χ2v) is 6.72. The Hall–Kier alpha value is -0.610. The molecule has 0 aromatic carbocycles. The molecular formula is C16H30N2O2. The lowest BCUT2D eigenvalue weighted by atomic mass is 9.88. The molecule has 0 bridgehead atoms. The van der Waals surface area contributed by atoms with E-state index in [0.717, 1.165) is 25.6 Å². The molecule has 4 nitrogen and oxygen atoms in total. The monoisotopic (exact) mass is 282 g/mol. The number of hydrogen-bond donors (Lipinski definition) is 1. The highest BCUT2D eigenvalue weighted by molar-refractivity contribution is 5.71. The van der Waals surface area contributed by atoms with Gasteiger partial charge in [-0.1, -0.05) is 26.2 Å². The van der Waals surface area contributed by atoms with Gasteiger partial charge in [-0.15, -0.1) is 0 Å². The molecule has 1 saturated carbocycles. The Morgan fingerprint density at radius 3 is 2.70 bits per heavy atom. The molecule has 2 atom stereocenters. The molecule has 1 saturated heterocycles. The van der Waals surface area contributed by atoms with Crippen molar-refractivity contribution in [2.45, 2.75) is 51.5 Å². The van der Waals surface area contributed by atoms with Crippen molar-refractivity contribution in [1.82, 2.24) is 10.2 Å². The molecule has 0 radical (unpaired) electrons. The Morgan fingerprint density at radius 1 is 1.25 bits per heavy atom. The van der Waals surface area contributed by atoms with Gasteiger partial charge >= 0.3 is 5.97 Å². The first kappa shape index (κ1) is 15.8. The Labute approximate surface area is 123 Å². The van der Waals surface area contributed by atoms with Crippen LogP contribution in [0.25, 0.3) is 0 Å². The normalized spacial score (nSPS) is 29.3. The van der Waals surface area contributed by atoms with Gasteiger partial charge in [-0.05, 0) is 37.6 Å². The minimum atomic E-state index is -0.120. The van der Waals surface area contributed by atoms with Gasteiger partial charge in [0.1, 0.15) is 0 Å². The van der Waals surface area contributed by atoms with Gasteiger partial charge in [-0.2, -0.15) is 0 Å². The topological polar surface area (TPSA) is 41.6 Å². The van der Waals surface area contributed by atoms with Crippen LogP contribution in [-0.4, -0.2) is 50.2 Å². The number of hydrogen-bond acceptors (Lipinski definition) is 4. The lowest BCUT2D eigenvalue weighted by Crippen LogP contribution is -2.51. The van der Waals surface area contributed by atoms with Crippen molar-refractivity contribution in [3.8, 4) is 0 Å². The molecule has 1 aliphatic carbocycles. The molecule has 1 N–H and O–H groups in total. The molecule has 116 valence electrons. The van der Waals surface area contributed by atoms with E-state index >= 15 is 0 Å². The SMILES string of the molecule is COC(=O)CN1CC(C)CC(NCC2CCCCC2)C1. The number of carbonyl (C=O) groups excluding carboxylic acids is 1. The van der Waals surface area contributed by atoms with Crippen LogP contribution in [-0.2, 0) is 9.53 Å². The zero-order valence-corrected chi connectivity index (χ0v) is 13.1. The molecule has 20 heavy (non-hydrogen) atoms. The highest BCUT2D eigenvalue weighted by atomic mass is 16.5. The van der Waals surface area contributed by atoms with Crippen LogP contribution in [0.2, 0.25) is 0 Å². The van der Waals surface area contributed by atoms with Crippen molar-refractivity contribution >= 4 is 5.97 Å². The van der Waals surface area contributed by atoms with E-state index in [4.69, 9.17) is 4.74 Å². The molecular weight excluding hydrogens is 252 g/mol.